The van der Waals surface area contributed by atoms with Crippen LogP contribution < -0.4 is 5.32 Å². The highest BCUT2D eigenvalue weighted by Crippen LogP contribution is 2.22. The number of piperazine rings is 1. The van der Waals surface area contributed by atoms with Gasteiger partial charge in [0.15, 0.2) is 0 Å². The van der Waals surface area contributed by atoms with E-state index in [1.54, 1.807) is 0 Å². The number of benzene rings is 1. The molecule has 1 atom stereocenters. The van der Waals surface area contributed by atoms with Crippen molar-refractivity contribution in [3.05, 3.63) is 66.0 Å². The first-order chi connectivity index (χ1) is 11.9. The second kappa shape index (κ2) is 8.92. The average Bonchev–Trinajstić information content (AvgIpc) is 2.67. The molecule has 2 heterocycles. The molecule has 24 heavy (non-hydrogen) atoms. The second-order valence-corrected chi connectivity index (χ2v) is 6.37. The quantitative estimate of drug-likeness (QED) is 0.848. The molecule has 0 amide bonds. The first-order valence-corrected chi connectivity index (χ1v) is 8.99. The zero-order valence-corrected chi connectivity index (χ0v) is 14.6. The fraction of sp³-hybridized carbons (Fsp3) is 0.450. The molecule has 4 nitrogen and oxygen atoms in total. The van der Waals surface area contributed by atoms with Gasteiger partial charge in [-0.3, -0.25) is 14.8 Å². The van der Waals surface area contributed by atoms with Crippen molar-refractivity contribution in [3.63, 3.8) is 0 Å². The largest absolute Gasteiger partial charge is 0.314 e. The molecule has 0 spiro atoms. The predicted octanol–water partition coefficient (Wildman–Crippen LogP) is 2.55. The molecule has 1 aromatic heterocycles. The highest BCUT2D eigenvalue weighted by Gasteiger charge is 2.24. The summed E-state index contributed by atoms with van der Waals surface area (Å²) in [6.07, 6.45) is 1.91. The number of pyridine rings is 1. The predicted molar refractivity (Wildman–Crippen MR) is 98.8 cm³/mol. The molecular weight excluding hydrogens is 296 g/mol. The number of rotatable bonds is 7. The highest BCUT2D eigenvalue weighted by molar-refractivity contribution is 5.16. The molecule has 4 heteroatoms. The van der Waals surface area contributed by atoms with Gasteiger partial charge in [0.05, 0.1) is 11.7 Å². The molecule has 1 aliphatic rings. The van der Waals surface area contributed by atoms with E-state index in [1.165, 1.54) is 11.3 Å². The Balaban J connectivity index is 1.78. The van der Waals surface area contributed by atoms with E-state index >= 15 is 0 Å². The van der Waals surface area contributed by atoms with Crippen LogP contribution in [0.5, 0.6) is 0 Å². The number of nitrogens with zero attached hydrogens (tertiary/aromatic N) is 3. The van der Waals surface area contributed by atoms with E-state index in [4.69, 9.17) is 0 Å². The van der Waals surface area contributed by atoms with E-state index < -0.39 is 0 Å². The molecule has 1 saturated heterocycles. The summed E-state index contributed by atoms with van der Waals surface area (Å²) < 4.78 is 0. The minimum Gasteiger partial charge on any atom is -0.314 e. The molecule has 1 N–H and O–H groups in total. The Labute approximate surface area is 145 Å². The molecule has 1 aromatic carbocycles. The molecule has 0 bridgehead atoms. The van der Waals surface area contributed by atoms with Gasteiger partial charge in [-0.2, -0.15) is 0 Å². The number of hydrogen-bond acceptors (Lipinski definition) is 4. The van der Waals surface area contributed by atoms with E-state index in [1.807, 2.05) is 12.3 Å². The van der Waals surface area contributed by atoms with Crippen molar-refractivity contribution in [3.8, 4) is 0 Å². The van der Waals surface area contributed by atoms with E-state index in [0.717, 1.165) is 45.8 Å². The smallest absolute Gasteiger partial charge is 0.0652 e. The lowest BCUT2D eigenvalue weighted by Crippen LogP contribution is -2.47. The first-order valence-electron chi connectivity index (χ1n) is 8.99. The minimum atomic E-state index is 0.328. The Morgan fingerprint density at radius 3 is 2.50 bits per heavy atom. The molecule has 3 rings (SSSR count). The molecule has 1 fully saturated rings. The topological polar surface area (TPSA) is 31.4 Å². The van der Waals surface area contributed by atoms with Gasteiger partial charge >= 0.3 is 0 Å². The third kappa shape index (κ3) is 4.63. The summed E-state index contributed by atoms with van der Waals surface area (Å²) in [6, 6.07) is 17.3. The van der Waals surface area contributed by atoms with E-state index in [-0.39, 0.29) is 0 Å². The lowest BCUT2D eigenvalue weighted by atomic mass is 10.1. The van der Waals surface area contributed by atoms with Gasteiger partial charge in [-0.15, -0.1) is 0 Å². The number of aromatic nitrogens is 1. The fourth-order valence-electron chi connectivity index (χ4n) is 3.37. The van der Waals surface area contributed by atoms with E-state index in [9.17, 15) is 0 Å². The molecule has 2 aromatic rings. The summed E-state index contributed by atoms with van der Waals surface area (Å²) in [5, 5.41) is 3.44. The molecule has 0 radical (unpaired) electrons. The van der Waals surface area contributed by atoms with Crippen molar-refractivity contribution in [2.24, 2.45) is 0 Å². The van der Waals surface area contributed by atoms with Crippen molar-refractivity contribution in [2.75, 3.05) is 39.3 Å². The van der Waals surface area contributed by atoms with Gasteiger partial charge in [-0.1, -0.05) is 43.3 Å². The first kappa shape index (κ1) is 17.1. The summed E-state index contributed by atoms with van der Waals surface area (Å²) in [6.45, 7) is 9.67. The number of nitrogens with one attached hydrogen (secondary N) is 1. The van der Waals surface area contributed by atoms with Gasteiger partial charge in [0.1, 0.15) is 0 Å². The number of likely N-dealkylation sites (N-methyl/N-ethyl adjacent to an activating group) is 1. The molecule has 0 saturated carbocycles. The Morgan fingerprint density at radius 2 is 1.83 bits per heavy atom. The monoisotopic (exact) mass is 324 g/mol. The standard InChI is InChI=1S/C20H28N4/c1-2-24(16-18-8-4-3-5-9-18)20(19-10-6-7-11-22-19)17-23-14-12-21-13-15-23/h3-11,20-21H,2,12-17H2,1H3. The molecule has 1 unspecified atom stereocenters. The summed E-state index contributed by atoms with van der Waals surface area (Å²) in [5.41, 5.74) is 2.54. The van der Waals surface area contributed by atoms with Crippen LogP contribution in [0.3, 0.4) is 0 Å². The van der Waals surface area contributed by atoms with Crippen molar-refractivity contribution in [1.82, 2.24) is 20.1 Å². The van der Waals surface area contributed by atoms with Crippen LogP contribution in [0.2, 0.25) is 0 Å². The lowest BCUT2D eigenvalue weighted by molar-refractivity contribution is 0.125. The van der Waals surface area contributed by atoms with Gasteiger partial charge < -0.3 is 5.32 Å². The van der Waals surface area contributed by atoms with Gasteiger partial charge in [0.2, 0.25) is 0 Å². The molecular formula is C20H28N4. The van der Waals surface area contributed by atoms with Crippen LogP contribution in [0.1, 0.15) is 24.2 Å². The van der Waals surface area contributed by atoms with Crippen LogP contribution in [-0.2, 0) is 6.54 Å². The van der Waals surface area contributed by atoms with Gasteiger partial charge in [-0.25, -0.2) is 0 Å². The zero-order chi connectivity index (χ0) is 16.6. The zero-order valence-electron chi connectivity index (χ0n) is 14.6. The molecule has 128 valence electrons. The summed E-state index contributed by atoms with van der Waals surface area (Å²) in [5.74, 6) is 0. The second-order valence-electron chi connectivity index (χ2n) is 6.37. The molecule has 0 aliphatic carbocycles. The Morgan fingerprint density at radius 1 is 1.08 bits per heavy atom. The Bertz CT molecular complexity index is 581. The maximum atomic E-state index is 4.67. The highest BCUT2D eigenvalue weighted by atomic mass is 15.2. The van der Waals surface area contributed by atoms with Crippen LogP contribution in [-0.4, -0.2) is 54.1 Å². The van der Waals surface area contributed by atoms with Gasteiger partial charge in [0, 0.05) is 45.5 Å². The van der Waals surface area contributed by atoms with Crippen molar-refractivity contribution >= 4 is 0 Å². The van der Waals surface area contributed by atoms with Crippen molar-refractivity contribution in [1.29, 1.82) is 0 Å². The number of hydrogen-bond donors (Lipinski definition) is 1. The minimum absolute atomic E-state index is 0.328. The van der Waals surface area contributed by atoms with Gasteiger partial charge in [0.25, 0.3) is 0 Å². The van der Waals surface area contributed by atoms with Crippen LogP contribution in [0.15, 0.2) is 54.7 Å². The third-order valence-electron chi connectivity index (χ3n) is 4.75. The summed E-state index contributed by atoms with van der Waals surface area (Å²) >= 11 is 0. The van der Waals surface area contributed by atoms with Crippen LogP contribution >= 0.6 is 0 Å². The van der Waals surface area contributed by atoms with Crippen LogP contribution in [0.25, 0.3) is 0 Å². The maximum absolute atomic E-state index is 4.67. The van der Waals surface area contributed by atoms with Crippen LogP contribution in [0.4, 0.5) is 0 Å². The fourth-order valence-corrected chi connectivity index (χ4v) is 3.37. The lowest BCUT2D eigenvalue weighted by Gasteiger charge is -2.36. The Kier molecular flexibility index (Phi) is 6.35. The SMILES string of the molecule is CCN(Cc1ccccc1)C(CN1CCNCC1)c1ccccn1. The van der Waals surface area contributed by atoms with E-state index in [2.05, 4.69) is 69.5 Å². The maximum Gasteiger partial charge on any atom is 0.0652 e. The molecule has 1 aliphatic heterocycles. The van der Waals surface area contributed by atoms with Crippen molar-refractivity contribution in [2.45, 2.75) is 19.5 Å². The third-order valence-corrected chi connectivity index (χ3v) is 4.75. The summed E-state index contributed by atoms with van der Waals surface area (Å²) in [4.78, 5) is 9.77. The normalized spacial score (nSPS) is 17.1. The average molecular weight is 324 g/mol. The van der Waals surface area contributed by atoms with E-state index in [0.29, 0.717) is 6.04 Å². The Hall–Kier alpha value is -1.75. The van der Waals surface area contributed by atoms with Crippen LogP contribution in [0, 0.1) is 0 Å². The van der Waals surface area contributed by atoms with Crippen molar-refractivity contribution < 1.29 is 0 Å². The van der Waals surface area contributed by atoms with Gasteiger partial charge in [-0.05, 0) is 24.2 Å². The summed E-state index contributed by atoms with van der Waals surface area (Å²) in [7, 11) is 0.